The summed E-state index contributed by atoms with van der Waals surface area (Å²) in [6.45, 7) is 15.8. The number of ether oxygens (including phenoxy) is 3. The van der Waals surface area contributed by atoms with E-state index in [1.807, 2.05) is 32.3 Å². The summed E-state index contributed by atoms with van der Waals surface area (Å²) in [4.78, 5) is 22.9. The van der Waals surface area contributed by atoms with E-state index < -0.39 is 13.7 Å². The third-order valence-corrected chi connectivity index (χ3v) is 7.44. The summed E-state index contributed by atoms with van der Waals surface area (Å²) in [5.74, 6) is 0.305. The number of hydrogen-bond donors (Lipinski definition) is 0. The Kier molecular flexibility index (Phi) is 7.88. The largest absolute Gasteiger partial charge is 0.472 e. The smallest absolute Gasteiger partial charge is 0.410 e. The summed E-state index contributed by atoms with van der Waals surface area (Å²) in [6, 6.07) is 1.04. The number of carbonyl (C=O) groups is 1. The van der Waals surface area contributed by atoms with Crippen molar-refractivity contribution >= 4 is 48.4 Å². The van der Waals surface area contributed by atoms with Crippen molar-refractivity contribution in [2.24, 2.45) is 0 Å². The van der Waals surface area contributed by atoms with Gasteiger partial charge in [-0.05, 0) is 45.3 Å². The molecule has 8 nitrogen and oxygen atoms in total. The van der Waals surface area contributed by atoms with Crippen LogP contribution in [-0.2, 0) is 16.2 Å². The maximum absolute atomic E-state index is 12.5. The van der Waals surface area contributed by atoms with Crippen molar-refractivity contribution in [2.45, 2.75) is 84.3 Å². The minimum Gasteiger partial charge on any atom is -0.472 e. The zero-order valence-corrected chi connectivity index (χ0v) is 23.0. The standard InChI is InChI=1S/C22H34Cl2N4O4Si/c1-14-10-15(11-28(14)21(29)32-22(2,3)4)31-19-17-16(23)12-27(18(17)25-20(24)26-19)13-30-8-9-33(5,6)7/h12,14-15H,8-11,13H2,1-7H3/t14-,15+/m0/s1. The van der Waals surface area contributed by atoms with Crippen LogP contribution in [0.3, 0.4) is 0 Å². The Morgan fingerprint density at radius 3 is 2.58 bits per heavy atom. The first-order valence-electron chi connectivity index (χ1n) is 11.2. The van der Waals surface area contributed by atoms with Gasteiger partial charge in [0.25, 0.3) is 0 Å². The van der Waals surface area contributed by atoms with E-state index in [4.69, 9.17) is 37.4 Å². The second-order valence-corrected chi connectivity index (χ2v) is 17.1. The van der Waals surface area contributed by atoms with E-state index in [2.05, 4.69) is 29.6 Å². The lowest BCUT2D eigenvalue weighted by Crippen LogP contribution is -2.39. The molecular formula is C22H34Cl2N4O4Si. The molecule has 11 heteroatoms. The monoisotopic (exact) mass is 516 g/mol. The Morgan fingerprint density at radius 1 is 1.24 bits per heavy atom. The molecule has 0 radical (unpaired) electrons. The number of carbonyl (C=O) groups excluding carboxylic acids is 1. The van der Waals surface area contributed by atoms with Gasteiger partial charge in [0.05, 0.1) is 17.0 Å². The second kappa shape index (κ2) is 9.97. The molecule has 1 aliphatic rings. The molecule has 0 bridgehead atoms. The maximum atomic E-state index is 12.5. The van der Waals surface area contributed by atoms with Crippen molar-refractivity contribution in [1.82, 2.24) is 19.4 Å². The molecule has 0 saturated carbocycles. The Balaban J connectivity index is 1.75. The number of aromatic nitrogens is 3. The maximum Gasteiger partial charge on any atom is 0.410 e. The fraction of sp³-hybridized carbons (Fsp3) is 0.682. The topological polar surface area (TPSA) is 78.7 Å². The fourth-order valence-electron chi connectivity index (χ4n) is 3.61. The van der Waals surface area contributed by atoms with Gasteiger partial charge in [-0.3, -0.25) is 0 Å². The molecule has 2 aromatic rings. The van der Waals surface area contributed by atoms with Crippen molar-refractivity contribution in [3.8, 4) is 5.88 Å². The molecule has 2 atom stereocenters. The Bertz CT molecular complexity index is 1000. The third kappa shape index (κ3) is 6.97. The van der Waals surface area contributed by atoms with Gasteiger partial charge >= 0.3 is 6.09 Å². The highest BCUT2D eigenvalue weighted by Crippen LogP contribution is 2.35. The molecule has 3 rings (SSSR count). The van der Waals surface area contributed by atoms with Gasteiger partial charge < -0.3 is 23.7 Å². The molecule has 1 saturated heterocycles. The van der Waals surface area contributed by atoms with Crippen LogP contribution in [0.15, 0.2) is 6.20 Å². The van der Waals surface area contributed by atoms with Crippen LogP contribution in [-0.4, -0.2) is 64.5 Å². The number of amides is 1. The average molecular weight is 518 g/mol. The van der Waals surface area contributed by atoms with Crippen LogP contribution >= 0.6 is 23.2 Å². The van der Waals surface area contributed by atoms with Crippen molar-refractivity contribution < 1.29 is 19.0 Å². The molecule has 33 heavy (non-hydrogen) atoms. The van der Waals surface area contributed by atoms with Crippen LogP contribution in [0.2, 0.25) is 36.0 Å². The predicted molar refractivity (Wildman–Crippen MR) is 133 cm³/mol. The first-order valence-corrected chi connectivity index (χ1v) is 15.7. The highest BCUT2D eigenvalue weighted by Gasteiger charge is 2.37. The van der Waals surface area contributed by atoms with Gasteiger partial charge in [-0.15, -0.1) is 0 Å². The molecule has 1 fully saturated rings. The van der Waals surface area contributed by atoms with Gasteiger partial charge in [0, 0.05) is 33.3 Å². The molecule has 2 aromatic heterocycles. The van der Waals surface area contributed by atoms with Crippen LogP contribution in [0.5, 0.6) is 5.88 Å². The minimum atomic E-state index is -1.18. The fourth-order valence-corrected chi connectivity index (χ4v) is 4.80. The summed E-state index contributed by atoms with van der Waals surface area (Å²) in [6.07, 6.45) is 1.77. The molecule has 0 aromatic carbocycles. The van der Waals surface area contributed by atoms with Crippen molar-refractivity contribution in [2.75, 3.05) is 13.2 Å². The number of fused-ring (bicyclic) bond motifs is 1. The van der Waals surface area contributed by atoms with Gasteiger partial charge in [-0.25, -0.2) is 4.79 Å². The number of hydrogen-bond acceptors (Lipinski definition) is 6. The third-order valence-electron chi connectivity index (χ3n) is 5.28. The van der Waals surface area contributed by atoms with Crippen LogP contribution in [0, 0.1) is 0 Å². The molecule has 184 valence electrons. The molecule has 0 unspecified atom stereocenters. The minimum absolute atomic E-state index is 0.0301. The van der Waals surface area contributed by atoms with E-state index >= 15 is 0 Å². The van der Waals surface area contributed by atoms with Crippen molar-refractivity contribution in [3.05, 3.63) is 16.5 Å². The molecular weight excluding hydrogens is 483 g/mol. The highest BCUT2D eigenvalue weighted by molar-refractivity contribution is 6.76. The summed E-state index contributed by atoms with van der Waals surface area (Å²) in [5.41, 5.74) is -0.00610. The average Bonchev–Trinajstić information content (AvgIpc) is 3.16. The normalized spacial score (nSPS) is 19.4. The molecule has 1 aliphatic heterocycles. The van der Waals surface area contributed by atoms with E-state index in [9.17, 15) is 4.79 Å². The SMILES string of the molecule is C[C@H]1C[C@@H](Oc2nc(Cl)nc3c2c(Cl)cn3COCC[Si](C)(C)C)CN1C(=O)OC(C)(C)C. The van der Waals surface area contributed by atoms with E-state index in [1.165, 1.54) is 0 Å². The van der Waals surface area contributed by atoms with Crippen LogP contribution in [0.25, 0.3) is 11.0 Å². The summed E-state index contributed by atoms with van der Waals surface area (Å²) >= 11 is 12.7. The van der Waals surface area contributed by atoms with Crippen LogP contribution in [0.4, 0.5) is 4.79 Å². The first-order chi connectivity index (χ1) is 15.2. The van der Waals surface area contributed by atoms with Crippen molar-refractivity contribution in [3.63, 3.8) is 0 Å². The van der Waals surface area contributed by atoms with Gasteiger partial charge in [0.2, 0.25) is 11.2 Å². The first kappa shape index (κ1) is 26.1. The van der Waals surface area contributed by atoms with Crippen LogP contribution in [0.1, 0.15) is 34.1 Å². The van der Waals surface area contributed by atoms with E-state index in [1.54, 1.807) is 11.1 Å². The van der Waals surface area contributed by atoms with Gasteiger partial charge in [-0.2, -0.15) is 9.97 Å². The zero-order chi connectivity index (χ0) is 24.6. The number of halogens is 2. The molecule has 0 spiro atoms. The van der Waals surface area contributed by atoms with Crippen LogP contribution < -0.4 is 4.74 Å². The molecule has 0 N–H and O–H groups in total. The zero-order valence-electron chi connectivity index (χ0n) is 20.4. The molecule has 1 amide bonds. The number of rotatable bonds is 7. The van der Waals surface area contributed by atoms with E-state index in [-0.39, 0.29) is 23.5 Å². The molecule has 3 heterocycles. The Morgan fingerprint density at radius 2 is 1.94 bits per heavy atom. The Labute approximate surface area is 206 Å². The Hall–Kier alpha value is -1.55. The highest BCUT2D eigenvalue weighted by atomic mass is 35.5. The lowest BCUT2D eigenvalue weighted by atomic mass is 10.2. The lowest BCUT2D eigenvalue weighted by Gasteiger charge is -2.26. The second-order valence-electron chi connectivity index (χ2n) is 10.7. The van der Waals surface area contributed by atoms with Crippen molar-refractivity contribution in [1.29, 1.82) is 0 Å². The van der Waals surface area contributed by atoms with E-state index in [0.717, 1.165) is 6.04 Å². The van der Waals surface area contributed by atoms with Gasteiger partial charge in [-0.1, -0.05) is 31.2 Å². The predicted octanol–water partition coefficient (Wildman–Crippen LogP) is 5.83. The van der Waals surface area contributed by atoms with Gasteiger partial charge in [0.1, 0.15) is 18.4 Å². The summed E-state index contributed by atoms with van der Waals surface area (Å²) in [7, 11) is -1.18. The molecule has 0 aliphatic carbocycles. The summed E-state index contributed by atoms with van der Waals surface area (Å²) in [5, 5.41) is 1.10. The summed E-state index contributed by atoms with van der Waals surface area (Å²) < 4.78 is 19.4. The number of nitrogens with zero attached hydrogens (tertiary/aromatic N) is 4. The quantitative estimate of drug-likeness (QED) is 0.261. The van der Waals surface area contributed by atoms with Gasteiger partial charge in [0.15, 0.2) is 5.65 Å². The van der Waals surface area contributed by atoms with E-state index in [0.29, 0.717) is 48.2 Å². The lowest BCUT2D eigenvalue weighted by molar-refractivity contribution is 0.0223. The number of likely N-dealkylation sites (tertiary alicyclic amines) is 1.